The lowest BCUT2D eigenvalue weighted by Gasteiger charge is -2.34. The number of ether oxygens (including phenoxy) is 1. The number of hydrogen-bond acceptors (Lipinski definition) is 1. The van der Waals surface area contributed by atoms with Gasteiger partial charge in [-0.15, -0.1) is 0 Å². The molecule has 0 aromatic heterocycles. The molecule has 0 heterocycles. The topological polar surface area (TPSA) is 9.23 Å². The lowest BCUT2D eigenvalue weighted by molar-refractivity contribution is 0.277. The van der Waals surface area contributed by atoms with Crippen LogP contribution in [-0.4, -0.2) is 6.61 Å². The number of hydrogen-bond donors (Lipinski definition) is 0. The number of allylic oxidation sites excluding steroid dienone is 1. The molecule has 0 spiro atoms. The Hall–Kier alpha value is -0.950. The minimum Gasteiger partial charge on any atom is -0.489 e. The Morgan fingerprint density at radius 1 is 1.33 bits per heavy atom. The second kappa shape index (κ2) is 5.36. The molecule has 0 atom stereocenters. The van der Waals surface area contributed by atoms with E-state index in [1.807, 2.05) is 24.3 Å². The van der Waals surface area contributed by atoms with Crippen molar-refractivity contribution in [2.45, 2.75) is 40.0 Å². The van der Waals surface area contributed by atoms with Crippen molar-refractivity contribution >= 4 is 11.6 Å². The van der Waals surface area contributed by atoms with Crippen LogP contribution in [0, 0.1) is 5.41 Å². The highest BCUT2D eigenvalue weighted by Gasteiger charge is 2.28. The maximum absolute atomic E-state index is 5.96. The zero-order chi connectivity index (χ0) is 13.2. The first kappa shape index (κ1) is 13.5. The van der Waals surface area contributed by atoms with Gasteiger partial charge in [0.15, 0.2) is 0 Å². The summed E-state index contributed by atoms with van der Waals surface area (Å²) < 4.78 is 5.89. The van der Waals surface area contributed by atoms with Crippen molar-refractivity contribution in [1.82, 2.24) is 0 Å². The molecule has 0 aliphatic heterocycles. The molecule has 0 saturated heterocycles. The Bertz CT molecular complexity index is 460. The number of benzene rings is 1. The van der Waals surface area contributed by atoms with Gasteiger partial charge in [-0.05, 0) is 55.4 Å². The fraction of sp³-hybridized carbons (Fsp3) is 0.500. The predicted molar refractivity (Wildman–Crippen MR) is 77.3 cm³/mol. The summed E-state index contributed by atoms with van der Waals surface area (Å²) in [4.78, 5) is 0. The largest absolute Gasteiger partial charge is 0.489 e. The van der Waals surface area contributed by atoms with Crippen molar-refractivity contribution in [3.63, 3.8) is 0 Å². The minimum atomic E-state index is 0.265. The Balaban J connectivity index is 2.09. The first-order valence-electron chi connectivity index (χ1n) is 6.56. The van der Waals surface area contributed by atoms with Gasteiger partial charge >= 0.3 is 0 Å². The van der Waals surface area contributed by atoms with E-state index in [-0.39, 0.29) is 5.41 Å². The van der Waals surface area contributed by atoms with Gasteiger partial charge in [0.2, 0.25) is 0 Å². The zero-order valence-electron chi connectivity index (χ0n) is 11.4. The maximum Gasteiger partial charge on any atom is 0.121 e. The van der Waals surface area contributed by atoms with Crippen molar-refractivity contribution < 1.29 is 4.74 Å². The van der Waals surface area contributed by atoms with Gasteiger partial charge in [0.05, 0.1) is 0 Å². The van der Waals surface area contributed by atoms with Crippen LogP contribution in [0.25, 0.3) is 0 Å². The fourth-order valence-corrected chi connectivity index (χ4v) is 2.89. The maximum atomic E-state index is 5.96. The average molecular weight is 265 g/mol. The van der Waals surface area contributed by atoms with Gasteiger partial charge in [-0.3, -0.25) is 0 Å². The van der Waals surface area contributed by atoms with Crippen LogP contribution < -0.4 is 4.74 Å². The third-order valence-electron chi connectivity index (χ3n) is 3.86. The molecular formula is C16H21ClO. The lowest BCUT2D eigenvalue weighted by Crippen LogP contribution is -2.24. The monoisotopic (exact) mass is 264 g/mol. The molecule has 1 nitrogen and oxygen atoms in total. The summed E-state index contributed by atoms with van der Waals surface area (Å²) >= 11 is 5.96. The van der Waals surface area contributed by atoms with Gasteiger partial charge in [-0.1, -0.05) is 37.1 Å². The molecule has 1 aliphatic rings. The molecule has 1 aromatic rings. The van der Waals surface area contributed by atoms with E-state index in [0.29, 0.717) is 6.61 Å². The Morgan fingerprint density at radius 2 is 2.11 bits per heavy atom. The highest BCUT2D eigenvalue weighted by molar-refractivity contribution is 6.30. The average Bonchev–Trinajstić information content (AvgIpc) is 2.27. The van der Waals surface area contributed by atoms with E-state index in [9.17, 15) is 0 Å². The summed E-state index contributed by atoms with van der Waals surface area (Å²) in [7, 11) is 0. The second-order valence-corrected chi connectivity index (χ2v) is 6.18. The molecule has 0 unspecified atom stereocenters. The quantitative estimate of drug-likeness (QED) is 0.678. The van der Waals surface area contributed by atoms with E-state index < -0.39 is 0 Å². The minimum absolute atomic E-state index is 0.265. The molecule has 18 heavy (non-hydrogen) atoms. The Labute approximate surface area is 115 Å². The van der Waals surface area contributed by atoms with Crippen molar-refractivity contribution in [1.29, 1.82) is 0 Å². The summed E-state index contributed by atoms with van der Waals surface area (Å²) in [5, 5.41) is 0.723. The fourth-order valence-electron chi connectivity index (χ4n) is 2.71. The van der Waals surface area contributed by atoms with Gasteiger partial charge in [0.25, 0.3) is 0 Å². The van der Waals surface area contributed by atoms with Crippen LogP contribution in [0.15, 0.2) is 35.4 Å². The molecular weight excluding hydrogens is 244 g/mol. The van der Waals surface area contributed by atoms with Crippen LogP contribution in [0.4, 0.5) is 0 Å². The number of halogens is 1. The Morgan fingerprint density at radius 3 is 2.78 bits per heavy atom. The van der Waals surface area contributed by atoms with E-state index in [0.717, 1.165) is 10.8 Å². The van der Waals surface area contributed by atoms with E-state index in [4.69, 9.17) is 16.3 Å². The van der Waals surface area contributed by atoms with Gasteiger partial charge in [0, 0.05) is 5.02 Å². The molecule has 0 fully saturated rings. The van der Waals surface area contributed by atoms with Gasteiger partial charge in [-0.25, -0.2) is 0 Å². The van der Waals surface area contributed by atoms with Crippen LogP contribution >= 0.6 is 11.6 Å². The molecule has 0 amide bonds. The van der Waals surface area contributed by atoms with Crippen LogP contribution in [0.1, 0.15) is 40.0 Å². The van der Waals surface area contributed by atoms with E-state index in [1.165, 1.54) is 30.4 Å². The van der Waals surface area contributed by atoms with E-state index >= 15 is 0 Å². The predicted octanol–water partition coefficient (Wildman–Crippen LogP) is 5.25. The van der Waals surface area contributed by atoms with E-state index in [2.05, 4.69) is 20.8 Å². The lowest BCUT2D eigenvalue weighted by atomic mass is 9.73. The molecule has 0 bridgehead atoms. The molecule has 98 valence electrons. The highest BCUT2D eigenvalue weighted by Crippen LogP contribution is 2.40. The SMILES string of the molecule is CC1=C(COc2cccc(Cl)c2)C(C)(C)CCC1. The van der Waals surface area contributed by atoms with E-state index in [1.54, 1.807) is 0 Å². The second-order valence-electron chi connectivity index (χ2n) is 5.74. The Kier molecular flexibility index (Phi) is 4.01. The van der Waals surface area contributed by atoms with Gasteiger partial charge < -0.3 is 4.74 Å². The zero-order valence-corrected chi connectivity index (χ0v) is 12.2. The smallest absolute Gasteiger partial charge is 0.121 e. The third kappa shape index (κ3) is 3.08. The van der Waals surface area contributed by atoms with Crippen LogP contribution in [0.5, 0.6) is 5.75 Å². The standard InChI is InChI=1S/C16H21ClO/c1-12-6-5-9-16(2,3)15(12)11-18-14-8-4-7-13(17)10-14/h4,7-8,10H,5-6,9,11H2,1-3H3. The van der Waals surface area contributed by atoms with Crippen LogP contribution in [-0.2, 0) is 0 Å². The van der Waals surface area contributed by atoms with Crippen LogP contribution in [0.3, 0.4) is 0 Å². The first-order chi connectivity index (χ1) is 8.49. The summed E-state index contributed by atoms with van der Waals surface area (Å²) in [6.07, 6.45) is 3.75. The van der Waals surface area contributed by atoms with Crippen molar-refractivity contribution in [2.75, 3.05) is 6.61 Å². The van der Waals surface area contributed by atoms with Crippen LogP contribution in [0.2, 0.25) is 5.02 Å². The van der Waals surface area contributed by atoms with Gasteiger partial charge in [-0.2, -0.15) is 0 Å². The number of rotatable bonds is 3. The van der Waals surface area contributed by atoms with Crippen molar-refractivity contribution in [3.8, 4) is 5.75 Å². The van der Waals surface area contributed by atoms with Gasteiger partial charge in [0.1, 0.15) is 12.4 Å². The highest BCUT2D eigenvalue weighted by atomic mass is 35.5. The molecule has 0 saturated carbocycles. The normalized spacial score (nSPS) is 18.9. The summed E-state index contributed by atoms with van der Waals surface area (Å²) in [6.45, 7) is 7.54. The molecule has 0 radical (unpaired) electrons. The summed E-state index contributed by atoms with van der Waals surface area (Å²) in [5.74, 6) is 0.851. The molecule has 2 rings (SSSR count). The molecule has 1 aromatic carbocycles. The molecule has 0 N–H and O–H groups in total. The molecule has 1 aliphatic carbocycles. The van der Waals surface area contributed by atoms with Crippen molar-refractivity contribution in [3.05, 3.63) is 40.4 Å². The summed E-state index contributed by atoms with van der Waals surface area (Å²) in [6, 6.07) is 7.61. The first-order valence-corrected chi connectivity index (χ1v) is 6.94. The molecule has 2 heteroatoms. The summed E-state index contributed by atoms with van der Waals surface area (Å²) in [5.41, 5.74) is 3.21. The third-order valence-corrected chi connectivity index (χ3v) is 4.10. The van der Waals surface area contributed by atoms with Crippen molar-refractivity contribution in [2.24, 2.45) is 5.41 Å².